The highest BCUT2D eigenvalue weighted by molar-refractivity contribution is 7.16. The van der Waals surface area contributed by atoms with Gasteiger partial charge in [-0.1, -0.05) is 22.9 Å². The van der Waals surface area contributed by atoms with Crippen molar-refractivity contribution in [3.8, 4) is 0 Å². The minimum Gasteiger partial charge on any atom is -0.378 e. The molecule has 0 saturated heterocycles. The van der Waals surface area contributed by atoms with Gasteiger partial charge in [-0.25, -0.2) is 0 Å². The predicted molar refractivity (Wildman–Crippen MR) is 67.4 cm³/mol. The van der Waals surface area contributed by atoms with Crippen molar-refractivity contribution < 1.29 is 0 Å². The highest BCUT2D eigenvalue weighted by Crippen LogP contribution is 2.16. The van der Waals surface area contributed by atoms with E-state index in [2.05, 4.69) is 20.6 Å². The summed E-state index contributed by atoms with van der Waals surface area (Å²) >= 11 is 7.33. The zero-order chi connectivity index (χ0) is 11.7. The Morgan fingerprint density at radius 2 is 2.12 bits per heavy atom. The Bertz CT molecular complexity index is 601. The number of rotatable bonds is 3. The van der Waals surface area contributed by atoms with E-state index >= 15 is 0 Å². The molecule has 2 heterocycles. The second kappa shape index (κ2) is 4.31. The van der Waals surface area contributed by atoms with Crippen LogP contribution in [0, 0.1) is 0 Å². The van der Waals surface area contributed by atoms with Crippen molar-refractivity contribution in [1.82, 2.24) is 19.8 Å². The largest absolute Gasteiger partial charge is 0.378 e. The van der Waals surface area contributed by atoms with E-state index in [0.717, 1.165) is 20.7 Å². The van der Waals surface area contributed by atoms with Gasteiger partial charge in [0.25, 0.3) is 0 Å². The molecule has 7 heteroatoms. The van der Waals surface area contributed by atoms with Crippen LogP contribution in [0.5, 0.6) is 0 Å². The van der Waals surface area contributed by atoms with E-state index in [0.29, 0.717) is 6.54 Å². The molecule has 0 amide bonds. The molecule has 0 spiro atoms. The molecule has 3 rings (SSSR count). The van der Waals surface area contributed by atoms with Crippen molar-refractivity contribution >= 4 is 33.6 Å². The van der Waals surface area contributed by atoms with Gasteiger partial charge in [-0.3, -0.25) is 0 Å². The topological polar surface area (TPSA) is 55.1 Å². The number of nitrogens with one attached hydrogen (secondary N) is 1. The van der Waals surface area contributed by atoms with E-state index in [4.69, 9.17) is 11.6 Å². The Hall–Kier alpha value is -1.66. The van der Waals surface area contributed by atoms with Crippen LogP contribution in [0.3, 0.4) is 0 Å². The van der Waals surface area contributed by atoms with Crippen LogP contribution in [0.25, 0.3) is 4.96 Å². The molecular weight excluding hydrogens is 258 g/mol. The zero-order valence-corrected chi connectivity index (χ0v) is 10.2. The second-order valence-corrected chi connectivity index (χ2v) is 4.89. The summed E-state index contributed by atoms with van der Waals surface area (Å²) < 4.78 is 1.67. The van der Waals surface area contributed by atoms with Gasteiger partial charge >= 0.3 is 0 Å². The Kier molecular flexibility index (Phi) is 2.66. The maximum atomic E-state index is 5.81. The molecule has 2 aromatic heterocycles. The third kappa shape index (κ3) is 2.22. The fourth-order valence-corrected chi connectivity index (χ4v) is 2.30. The average molecular weight is 266 g/mol. The van der Waals surface area contributed by atoms with Crippen molar-refractivity contribution in [2.45, 2.75) is 6.54 Å². The molecule has 0 unspecified atom stereocenters. The number of hydrogen-bond acceptors (Lipinski definition) is 5. The van der Waals surface area contributed by atoms with Crippen LogP contribution < -0.4 is 5.32 Å². The van der Waals surface area contributed by atoms with E-state index in [9.17, 15) is 0 Å². The van der Waals surface area contributed by atoms with E-state index in [1.54, 1.807) is 10.8 Å². The maximum Gasteiger partial charge on any atom is 0.234 e. The van der Waals surface area contributed by atoms with Gasteiger partial charge in [-0.2, -0.15) is 9.61 Å². The van der Waals surface area contributed by atoms with Crippen molar-refractivity contribution in [2.75, 3.05) is 5.32 Å². The van der Waals surface area contributed by atoms with Crippen LogP contribution >= 0.6 is 22.9 Å². The van der Waals surface area contributed by atoms with Crippen LogP contribution in [-0.2, 0) is 6.54 Å². The number of halogens is 1. The lowest BCUT2D eigenvalue weighted by atomic mass is 10.3. The first-order chi connectivity index (χ1) is 8.31. The number of nitrogens with zero attached hydrogens (tertiary/aromatic N) is 4. The van der Waals surface area contributed by atoms with E-state index in [1.807, 2.05) is 24.3 Å². The molecule has 17 heavy (non-hydrogen) atoms. The Balaban J connectivity index is 1.71. The highest BCUT2D eigenvalue weighted by Gasteiger charge is 2.04. The molecule has 0 atom stereocenters. The summed E-state index contributed by atoms with van der Waals surface area (Å²) in [6, 6.07) is 7.57. The number of anilines is 1. The average Bonchev–Trinajstić information content (AvgIpc) is 2.88. The van der Waals surface area contributed by atoms with Crippen molar-refractivity contribution in [2.24, 2.45) is 0 Å². The molecule has 0 radical (unpaired) electrons. The first-order valence-corrected chi connectivity index (χ1v) is 6.16. The molecule has 5 nitrogen and oxygen atoms in total. The predicted octanol–water partition coefficient (Wildman–Crippen LogP) is 2.45. The summed E-state index contributed by atoms with van der Waals surface area (Å²) in [7, 11) is 0. The van der Waals surface area contributed by atoms with Crippen LogP contribution in [-0.4, -0.2) is 19.8 Å². The summed E-state index contributed by atoms with van der Waals surface area (Å²) in [5.41, 5.74) is 1.01. The smallest absolute Gasteiger partial charge is 0.234 e. The lowest BCUT2D eigenvalue weighted by Gasteiger charge is -2.02. The Morgan fingerprint density at radius 3 is 2.88 bits per heavy atom. The molecule has 0 aliphatic rings. The fourth-order valence-electron chi connectivity index (χ4n) is 1.42. The quantitative estimate of drug-likeness (QED) is 0.790. The van der Waals surface area contributed by atoms with Gasteiger partial charge in [0.2, 0.25) is 4.96 Å². The molecule has 1 N–H and O–H groups in total. The van der Waals surface area contributed by atoms with Gasteiger partial charge in [-0.15, -0.1) is 10.2 Å². The molecule has 1 aromatic carbocycles. The van der Waals surface area contributed by atoms with Crippen molar-refractivity contribution in [3.05, 3.63) is 40.6 Å². The standard InChI is InChI=1S/C10H8ClN5S/c11-7-1-3-8(4-2-7)12-5-9-15-16-6-13-14-10(16)17-9/h1-4,6,12H,5H2. The molecule has 0 bridgehead atoms. The molecule has 86 valence electrons. The van der Waals surface area contributed by atoms with Gasteiger partial charge < -0.3 is 5.32 Å². The molecule has 3 aromatic rings. The molecule has 0 aliphatic carbocycles. The summed E-state index contributed by atoms with van der Waals surface area (Å²) in [5.74, 6) is 0. The number of aromatic nitrogens is 4. The van der Waals surface area contributed by atoms with Gasteiger partial charge in [0.15, 0.2) is 0 Å². The second-order valence-electron chi connectivity index (χ2n) is 3.41. The number of hydrogen-bond donors (Lipinski definition) is 1. The van der Waals surface area contributed by atoms with Crippen LogP contribution in [0.4, 0.5) is 5.69 Å². The minimum absolute atomic E-state index is 0.662. The monoisotopic (exact) mass is 265 g/mol. The van der Waals surface area contributed by atoms with Gasteiger partial charge in [0.05, 0.1) is 6.54 Å². The summed E-state index contributed by atoms with van der Waals surface area (Å²) in [4.78, 5) is 0.804. The lowest BCUT2D eigenvalue weighted by Crippen LogP contribution is -1.99. The summed E-state index contributed by atoms with van der Waals surface area (Å²) in [5, 5.41) is 17.0. The SMILES string of the molecule is Clc1ccc(NCc2nn3cnnc3s2)cc1. The maximum absolute atomic E-state index is 5.81. The normalized spacial score (nSPS) is 10.9. The Morgan fingerprint density at radius 1 is 1.29 bits per heavy atom. The van der Waals surface area contributed by atoms with Crippen molar-refractivity contribution in [1.29, 1.82) is 0 Å². The summed E-state index contributed by atoms with van der Waals surface area (Å²) in [6.45, 7) is 0.662. The van der Waals surface area contributed by atoms with Crippen LogP contribution in [0.2, 0.25) is 5.02 Å². The number of benzene rings is 1. The lowest BCUT2D eigenvalue weighted by molar-refractivity contribution is 0.903. The zero-order valence-electron chi connectivity index (χ0n) is 8.67. The molecule has 0 fully saturated rings. The molecule has 0 saturated carbocycles. The van der Waals surface area contributed by atoms with E-state index in [-0.39, 0.29) is 0 Å². The minimum atomic E-state index is 0.662. The first kappa shape index (κ1) is 10.5. The highest BCUT2D eigenvalue weighted by atomic mass is 35.5. The molecule has 0 aliphatic heterocycles. The Labute approximate surface area is 106 Å². The first-order valence-electron chi connectivity index (χ1n) is 4.96. The summed E-state index contributed by atoms with van der Waals surface area (Å²) in [6.07, 6.45) is 1.59. The van der Waals surface area contributed by atoms with Gasteiger partial charge in [0.1, 0.15) is 11.3 Å². The molecular formula is C10H8ClN5S. The van der Waals surface area contributed by atoms with E-state index < -0.39 is 0 Å². The number of fused-ring (bicyclic) bond motifs is 1. The van der Waals surface area contributed by atoms with Crippen molar-refractivity contribution in [3.63, 3.8) is 0 Å². The van der Waals surface area contributed by atoms with Crippen LogP contribution in [0.15, 0.2) is 30.6 Å². The van der Waals surface area contributed by atoms with Gasteiger partial charge in [0, 0.05) is 10.7 Å². The third-order valence-corrected chi connectivity index (χ3v) is 3.38. The third-order valence-electron chi connectivity index (χ3n) is 2.22. The fraction of sp³-hybridized carbons (Fsp3) is 0.100. The van der Waals surface area contributed by atoms with Crippen LogP contribution in [0.1, 0.15) is 5.01 Å². The van der Waals surface area contributed by atoms with Gasteiger partial charge in [-0.05, 0) is 24.3 Å². The van der Waals surface area contributed by atoms with E-state index in [1.165, 1.54) is 11.3 Å².